The van der Waals surface area contributed by atoms with Gasteiger partial charge in [0.1, 0.15) is 22.3 Å². The molecule has 0 aliphatic heterocycles. The number of hydrogen-bond acceptors (Lipinski definition) is 7. The molecule has 0 unspecified atom stereocenters. The predicted octanol–water partition coefficient (Wildman–Crippen LogP) is 3.89. The van der Waals surface area contributed by atoms with E-state index in [-0.39, 0.29) is 16.7 Å². The van der Waals surface area contributed by atoms with Crippen LogP contribution in [-0.4, -0.2) is 36.9 Å². The van der Waals surface area contributed by atoms with Crippen molar-refractivity contribution in [3.8, 4) is 5.75 Å². The molecule has 1 amide bonds. The van der Waals surface area contributed by atoms with Gasteiger partial charge in [0, 0.05) is 23.5 Å². The SMILES string of the molecule is CCN(CC)S(=O)(=O)c1ccc(CNC(=O)c2cccc(OCc3c(C)noc3C)c2)s1. The largest absolute Gasteiger partial charge is 0.489 e. The van der Waals surface area contributed by atoms with Gasteiger partial charge >= 0.3 is 0 Å². The van der Waals surface area contributed by atoms with Crippen molar-refractivity contribution < 1.29 is 22.5 Å². The summed E-state index contributed by atoms with van der Waals surface area (Å²) in [6.45, 7) is 8.65. The molecule has 0 atom stereocenters. The lowest BCUT2D eigenvalue weighted by Crippen LogP contribution is -2.30. The molecule has 3 rings (SSSR count). The molecule has 10 heteroatoms. The number of amides is 1. The highest BCUT2D eigenvalue weighted by Crippen LogP contribution is 2.25. The van der Waals surface area contributed by atoms with Crippen LogP contribution in [0.3, 0.4) is 0 Å². The van der Waals surface area contributed by atoms with Crippen LogP contribution in [0.15, 0.2) is 45.1 Å². The minimum Gasteiger partial charge on any atom is -0.489 e. The molecule has 3 aromatic rings. The van der Waals surface area contributed by atoms with Gasteiger partial charge in [0.25, 0.3) is 15.9 Å². The number of aromatic nitrogens is 1. The summed E-state index contributed by atoms with van der Waals surface area (Å²) in [5.74, 6) is 0.991. The van der Waals surface area contributed by atoms with Gasteiger partial charge in [0.05, 0.1) is 17.8 Å². The van der Waals surface area contributed by atoms with E-state index >= 15 is 0 Å². The van der Waals surface area contributed by atoms with E-state index in [1.165, 1.54) is 4.31 Å². The number of carbonyl (C=O) groups excluding carboxylic acids is 1. The molecule has 2 aromatic heterocycles. The predicted molar refractivity (Wildman–Crippen MR) is 122 cm³/mol. The molecular weight excluding hydrogens is 450 g/mol. The van der Waals surface area contributed by atoms with Crippen LogP contribution in [-0.2, 0) is 23.2 Å². The monoisotopic (exact) mass is 477 g/mol. The fraction of sp³-hybridized carbons (Fsp3) is 0.364. The highest BCUT2D eigenvalue weighted by atomic mass is 32.2. The highest BCUT2D eigenvalue weighted by Gasteiger charge is 2.23. The molecule has 0 saturated heterocycles. The summed E-state index contributed by atoms with van der Waals surface area (Å²) in [6.07, 6.45) is 0. The third-order valence-corrected chi connectivity index (χ3v) is 8.62. The lowest BCUT2D eigenvalue weighted by atomic mass is 10.2. The summed E-state index contributed by atoms with van der Waals surface area (Å²) in [4.78, 5) is 13.4. The van der Waals surface area contributed by atoms with Crippen LogP contribution < -0.4 is 10.1 Å². The Morgan fingerprint density at radius 1 is 1.19 bits per heavy atom. The Bertz CT molecular complexity index is 1160. The Hall–Kier alpha value is -2.69. The maximum Gasteiger partial charge on any atom is 0.252 e. The average Bonchev–Trinajstić information content (AvgIpc) is 3.38. The molecule has 2 heterocycles. The van der Waals surface area contributed by atoms with E-state index in [1.807, 2.05) is 27.7 Å². The first kappa shape index (κ1) is 24.0. The Balaban J connectivity index is 1.61. The van der Waals surface area contributed by atoms with Crippen molar-refractivity contribution in [2.75, 3.05) is 13.1 Å². The van der Waals surface area contributed by atoms with E-state index in [9.17, 15) is 13.2 Å². The number of nitrogens with one attached hydrogen (secondary N) is 1. The van der Waals surface area contributed by atoms with Gasteiger partial charge in [-0.3, -0.25) is 4.79 Å². The van der Waals surface area contributed by atoms with Crippen LogP contribution in [0.5, 0.6) is 5.75 Å². The third-order valence-electron chi connectivity index (χ3n) is 5.02. The van der Waals surface area contributed by atoms with Crippen molar-refractivity contribution >= 4 is 27.3 Å². The van der Waals surface area contributed by atoms with Crippen molar-refractivity contribution in [1.82, 2.24) is 14.8 Å². The smallest absolute Gasteiger partial charge is 0.252 e. The Morgan fingerprint density at radius 2 is 1.94 bits per heavy atom. The first-order valence-electron chi connectivity index (χ1n) is 10.3. The van der Waals surface area contributed by atoms with Crippen LogP contribution in [0, 0.1) is 13.8 Å². The molecule has 0 fully saturated rings. The molecule has 1 aromatic carbocycles. The number of aryl methyl sites for hydroxylation is 2. The van der Waals surface area contributed by atoms with Gasteiger partial charge in [-0.15, -0.1) is 11.3 Å². The molecule has 0 bridgehead atoms. The van der Waals surface area contributed by atoms with Crippen molar-refractivity contribution in [3.05, 3.63) is 63.9 Å². The number of sulfonamides is 1. The van der Waals surface area contributed by atoms with Crippen LogP contribution >= 0.6 is 11.3 Å². The molecule has 0 spiro atoms. The van der Waals surface area contributed by atoms with Gasteiger partial charge in [-0.1, -0.05) is 25.1 Å². The van der Waals surface area contributed by atoms with E-state index in [0.717, 1.165) is 27.5 Å². The van der Waals surface area contributed by atoms with E-state index in [1.54, 1.807) is 36.4 Å². The second-order valence-corrected chi connectivity index (χ2v) is 10.4. The molecular formula is C22H27N3O5S2. The number of benzene rings is 1. The maximum absolute atomic E-state index is 12.6. The summed E-state index contributed by atoms with van der Waals surface area (Å²) in [6, 6.07) is 10.2. The minimum atomic E-state index is -3.50. The van der Waals surface area contributed by atoms with Crippen LogP contribution in [0.2, 0.25) is 0 Å². The number of thiophene rings is 1. The molecule has 0 radical (unpaired) electrons. The second kappa shape index (κ2) is 10.3. The van der Waals surface area contributed by atoms with Gasteiger partial charge in [-0.2, -0.15) is 4.31 Å². The lowest BCUT2D eigenvalue weighted by molar-refractivity contribution is 0.0950. The van der Waals surface area contributed by atoms with Crippen LogP contribution in [0.1, 0.15) is 46.1 Å². The van der Waals surface area contributed by atoms with E-state index < -0.39 is 10.0 Å². The molecule has 172 valence electrons. The molecule has 8 nitrogen and oxygen atoms in total. The highest BCUT2D eigenvalue weighted by molar-refractivity contribution is 7.91. The van der Waals surface area contributed by atoms with Gasteiger partial charge in [-0.25, -0.2) is 8.42 Å². The zero-order valence-electron chi connectivity index (χ0n) is 18.5. The zero-order valence-corrected chi connectivity index (χ0v) is 20.2. The summed E-state index contributed by atoms with van der Waals surface area (Å²) in [5.41, 5.74) is 2.11. The lowest BCUT2D eigenvalue weighted by Gasteiger charge is -2.16. The summed E-state index contributed by atoms with van der Waals surface area (Å²) < 4.78 is 37.9. The number of rotatable bonds is 10. The van der Waals surface area contributed by atoms with E-state index in [0.29, 0.717) is 36.8 Å². The first-order chi connectivity index (χ1) is 15.3. The van der Waals surface area contributed by atoms with E-state index in [4.69, 9.17) is 9.26 Å². The van der Waals surface area contributed by atoms with Crippen molar-refractivity contribution in [2.24, 2.45) is 0 Å². The van der Waals surface area contributed by atoms with Crippen molar-refractivity contribution in [2.45, 2.75) is 45.1 Å². The topological polar surface area (TPSA) is 102 Å². The summed E-state index contributed by atoms with van der Waals surface area (Å²) in [5, 5.41) is 6.74. The normalized spacial score (nSPS) is 11.7. The van der Waals surface area contributed by atoms with Gasteiger partial charge < -0.3 is 14.6 Å². The average molecular weight is 478 g/mol. The van der Waals surface area contributed by atoms with Crippen LogP contribution in [0.4, 0.5) is 0 Å². The van der Waals surface area contributed by atoms with Crippen LogP contribution in [0.25, 0.3) is 0 Å². The summed E-state index contributed by atoms with van der Waals surface area (Å²) >= 11 is 1.16. The first-order valence-corrected chi connectivity index (χ1v) is 12.5. The second-order valence-electron chi connectivity index (χ2n) is 7.11. The fourth-order valence-electron chi connectivity index (χ4n) is 3.14. The number of hydrogen-bond donors (Lipinski definition) is 1. The Kier molecular flexibility index (Phi) is 7.70. The standard InChI is InChI=1S/C22H27N3O5S2/c1-5-25(6-2)32(27,28)21-11-10-19(31-21)13-23-22(26)17-8-7-9-18(12-17)29-14-20-15(3)24-30-16(20)4/h7-12H,5-6,13-14H2,1-4H3,(H,23,26). The third kappa shape index (κ3) is 5.37. The molecule has 32 heavy (non-hydrogen) atoms. The van der Waals surface area contributed by atoms with Crippen molar-refractivity contribution in [1.29, 1.82) is 0 Å². The summed E-state index contributed by atoms with van der Waals surface area (Å²) in [7, 11) is -3.50. The molecule has 0 aliphatic rings. The van der Waals surface area contributed by atoms with Gasteiger partial charge in [-0.05, 0) is 44.2 Å². The maximum atomic E-state index is 12.6. The van der Waals surface area contributed by atoms with E-state index in [2.05, 4.69) is 10.5 Å². The van der Waals surface area contributed by atoms with Gasteiger partial charge in [0.2, 0.25) is 0 Å². The Morgan fingerprint density at radius 3 is 2.59 bits per heavy atom. The number of carbonyl (C=O) groups is 1. The molecule has 0 aliphatic carbocycles. The number of nitrogens with zero attached hydrogens (tertiary/aromatic N) is 2. The van der Waals surface area contributed by atoms with Gasteiger partial charge in [0.15, 0.2) is 0 Å². The fourth-order valence-corrected chi connectivity index (χ4v) is 6.05. The van der Waals surface area contributed by atoms with Crippen molar-refractivity contribution in [3.63, 3.8) is 0 Å². The molecule has 1 N–H and O–H groups in total. The number of ether oxygens (including phenoxy) is 1. The molecule has 0 saturated carbocycles. The quantitative estimate of drug-likeness (QED) is 0.475. The Labute approximate surface area is 192 Å². The minimum absolute atomic E-state index is 0.238. The zero-order chi connectivity index (χ0) is 23.3.